The number of rotatable bonds is 1. The molecule has 0 aromatic carbocycles. The topological polar surface area (TPSA) is 15.3 Å². The molecule has 0 saturated carbocycles. The van der Waals surface area contributed by atoms with Crippen LogP contribution in [0.4, 0.5) is 0 Å². The predicted octanol–water partition coefficient (Wildman–Crippen LogP) is 2.25. The molecule has 15 heavy (non-hydrogen) atoms. The van der Waals surface area contributed by atoms with Gasteiger partial charge in [0.2, 0.25) is 0 Å². The summed E-state index contributed by atoms with van der Waals surface area (Å²) in [6.07, 6.45) is 5.58. The maximum absolute atomic E-state index is 3.65. The smallest absolute Gasteiger partial charge is 0.0150 e. The lowest BCUT2D eigenvalue weighted by atomic mass is 9.82. The molecule has 2 saturated heterocycles. The first kappa shape index (κ1) is 11.4. The monoisotopic (exact) mass is 210 g/mol. The van der Waals surface area contributed by atoms with E-state index in [4.69, 9.17) is 0 Å². The molecule has 1 N–H and O–H groups in total. The zero-order valence-corrected chi connectivity index (χ0v) is 10.6. The van der Waals surface area contributed by atoms with E-state index >= 15 is 0 Å². The third-order valence-electron chi connectivity index (χ3n) is 4.14. The largest absolute Gasteiger partial charge is 0.311 e. The minimum absolute atomic E-state index is 0.342. The van der Waals surface area contributed by atoms with Gasteiger partial charge >= 0.3 is 0 Å². The summed E-state index contributed by atoms with van der Waals surface area (Å²) in [5.74, 6) is 0.816. The van der Waals surface area contributed by atoms with Crippen molar-refractivity contribution in [2.45, 2.75) is 58.0 Å². The van der Waals surface area contributed by atoms with Gasteiger partial charge in [0, 0.05) is 11.6 Å². The van der Waals surface area contributed by atoms with E-state index < -0.39 is 0 Å². The predicted molar refractivity (Wildman–Crippen MR) is 65.1 cm³/mol. The fourth-order valence-corrected chi connectivity index (χ4v) is 3.11. The quantitative estimate of drug-likeness (QED) is 0.714. The molecule has 0 aromatic rings. The van der Waals surface area contributed by atoms with E-state index in [2.05, 4.69) is 31.0 Å². The SMILES string of the molecule is CC1CNC(C)(C)CC1N1CCCCC1. The van der Waals surface area contributed by atoms with Crippen LogP contribution in [0.5, 0.6) is 0 Å². The van der Waals surface area contributed by atoms with Crippen LogP contribution >= 0.6 is 0 Å². The van der Waals surface area contributed by atoms with Gasteiger partial charge in [-0.2, -0.15) is 0 Å². The lowest BCUT2D eigenvalue weighted by molar-refractivity contribution is 0.0639. The Morgan fingerprint density at radius 2 is 1.80 bits per heavy atom. The normalized spacial score (nSPS) is 37.8. The van der Waals surface area contributed by atoms with Crippen molar-refractivity contribution in [2.24, 2.45) is 5.92 Å². The van der Waals surface area contributed by atoms with E-state index in [0.717, 1.165) is 12.0 Å². The lowest BCUT2D eigenvalue weighted by Gasteiger charge is -2.46. The van der Waals surface area contributed by atoms with Gasteiger partial charge in [0.1, 0.15) is 0 Å². The summed E-state index contributed by atoms with van der Waals surface area (Å²) in [6.45, 7) is 11.0. The number of likely N-dealkylation sites (tertiary alicyclic amines) is 1. The highest BCUT2D eigenvalue weighted by atomic mass is 15.2. The van der Waals surface area contributed by atoms with E-state index in [1.165, 1.54) is 45.3 Å². The van der Waals surface area contributed by atoms with Crippen LogP contribution in [-0.4, -0.2) is 36.1 Å². The number of nitrogens with one attached hydrogen (secondary N) is 1. The molecule has 2 aliphatic rings. The van der Waals surface area contributed by atoms with E-state index in [9.17, 15) is 0 Å². The number of hydrogen-bond donors (Lipinski definition) is 1. The summed E-state index contributed by atoms with van der Waals surface area (Å²) in [4.78, 5) is 2.75. The molecular weight excluding hydrogens is 184 g/mol. The average molecular weight is 210 g/mol. The number of piperidine rings is 2. The third-order valence-corrected chi connectivity index (χ3v) is 4.14. The molecule has 0 radical (unpaired) electrons. The highest BCUT2D eigenvalue weighted by Crippen LogP contribution is 2.28. The Hall–Kier alpha value is -0.0800. The average Bonchev–Trinajstić information content (AvgIpc) is 2.23. The summed E-state index contributed by atoms with van der Waals surface area (Å²) in [7, 11) is 0. The van der Waals surface area contributed by atoms with Crippen molar-refractivity contribution in [3.05, 3.63) is 0 Å². The second-order valence-electron chi connectivity index (χ2n) is 6.11. The molecule has 2 atom stereocenters. The zero-order chi connectivity index (χ0) is 10.9. The minimum Gasteiger partial charge on any atom is -0.311 e. The summed E-state index contributed by atoms with van der Waals surface area (Å²) in [6, 6.07) is 0.821. The molecule has 0 aliphatic carbocycles. The van der Waals surface area contributed by atoms with Gasteiger partial charge < -0.3 is 10.2 Å². The molecule has 2 unspecified atom stereocenters. The molecule has 88 valence electrons. The van der Waals surface area contributed by atoms with Gasteiger partial charge in [-0.05, 0) is 58.7 Å². The van der Waals surface area contributed by atoms with Crippen LogP contribution in [0.1, 0.15) is 46.5 Å². The molecule has 2 fully saturated rings. The second-order valence-corrected chi connectivity index (χ2v) is 6.11. The van der Waals surface area contributed by atoms with Crippen LogP contribution in [0.3, 0.4) is 0 Å². The van der Waals surface area contributed by atoms with Gasteiger partial charge in [0.05, 0.1) is 0 Å². The number of hydrogen-bond acceptors (Lipinski definition) is 2. The van der Waals surface area contributed by atoms with Gasteiger partial charge in [-0.25, -0.2) is 0 Å². The summed E-state index contributed by atoms with van der Waals surface area (Å²) < 4.78 is 0. The Morgan fingerprint density at radius 1 is 1.13 bits per heavy atom. The first-order valence-electron chi connectivity index (χ1n) is 6.57. The molecule has 2 heteroatoms. The molecule has 0 spiro atoms. The molecular formula is C13H26N2. The van der Waals surface area contributed by atoms with Crippen LogP contribution < -0.4 is 5.32 Å². The van der Waals surface area contributed by atoms with Crippen molar-refractivity contribution < 1.29 is 0 Å². The fraction of sp³-hybridized carbons (Fsp3) is 1.00. The van der Waals surface area contributed by atoms with Gasteiger partial charge in [0.25, 0.3) is 0 Å². The molecule has 2 aliphatic heterocycles. The van der Waals surface area contributed by atoms with Gasteiger partial charge in [-0.3, -0.25) is 0 Å². The van der Waals surface area contributed by atoms with Gasteiger partial charge in [-0.1, -0.05) is 13.3 Å². The fourth-order valence-electron chi connectivity index (χ4n) is 3.11. The Labute approximate surface area is 94.4 Å². The highest BCUT2D eigenvalue weighted by Gasteiger charge is 2.35. The van der Waals surface area contributed by atoms with E-state index in [1.54, 1.807) is 0 Å². The zero-order valence-electron chi connectivity index (χ0n) is 10.6. The van der Waals surface area contributed by atoms with Crippen molar-refractivity contribution in [3.8, 4) is 0 Å². The Balaban J connectivity index is 1.98. The Bertz CT molecular complexity index is 207. The maximum Gasteiger partial charge on any atom is 0.0150 e. The molecule has 2 heterocycles. The summed E-state index contributed by atoms with van der Waals surface area (Å²) >= 11 is 0. The summed E-state index contributed by atoms with van der Waals surface area (Å²) in [5.41, 5.74) is 0.342. The van der Waals surface area contributed by atoms with E-state index in [0.29, 0.717) is 5.54 Å². The van der Waals surface area contributed by atoms with Crippen molar-refractivity contribution in [1.29, 1.82) is 0 Å². The molecule has 2 rings (SSSR count). The van der Waals surface area contributed by atoms with Gasteiger partial charge in [-0.15, -0.1) is 0 Å². The standard InChI is InChI=1S/C13H26N2/c1-11-10-14-13(2,3)9-12(11)15-7-5-4-6-8-15/h11-12,14H,4-10H2,1-3H3. The van der Waals surface area contributed by atoms with Gasteiger partial charge in [0.15, 0.2) is 0 Å². The maximum atomic E-state index is 3.65. The van der Waals surface area contributed by atoms with Crippen LogP contribution in [0.25, 0.3) is 0 Å². The molecule has 0 amide bonds. The third kappa shape index (κ3) is 2.73. The Kier molecular flexibility index (Phi) is 3.36. The number of nitrogens with zero attached hydrogens (tertiary/aromatic N) is 1. The first-order chi connectivity index (χ1) is 7.08. The Morgan fingerprint density at radius 3 is 2.47 bits per heavy atom. The molecule has 0 aromatic heterocycles. The summed E-state index contributed by atoms with van der Waals surface area (Å²) in [5, 5.41) is 3.65. The van der Waals surface area contributed by atoms with Crippen molar-refractivity contribution in [2.75, 3.05) is 19.6 Å². The van der Waals surface area contributed by atoms with Crippen LogP contribution in [-0.2, 0) is 0 Å². The van der Waals surface area contributed by atoms with Crippen molar-refractivity contribution >= 4 is 0 Å². The molecule has 2 nitrogen and oxygen atoms in total. The van der Waals surface area contributed by atoms with Crippen LogP contribution in [0, 0.1) is 5.92 Å². The lowest BCUT2D eigenvalue weighted by Crippen LogP contribution is -2.57. The first-order valence-corrected chi connectivity index (χ1v) is 6.57. The second kappa shape index (κ2) is 4.42. The minimum atomic E-state index is 0.342. The van der Waals surface area contributed by atoms with E-state index in [-0.39, 0.29) is 0 Å². The highest BCUT2D eigenvalue weighted by molar-refractivity contribution is 4.94. The van der Waals surface area contributed by atoms with Crippen molar-refractivity contribution in [3.63, 3.8) is 0 Å². The van der Waals surface area contributed by atoms with Crippen molar-refractivity contribution in [1.82, 2.24) is 10.2 Å². The van der Waals surface area contributed by atoms with E-state index in [1.807, 2.05) is 0 Å². The van der Waals surface area contributed by atoms with Crippen LogP contribution in [0.15, 0.2) is 0 Å². The molecule has 0 bridgehead atoms. The van der Waals surface area contributed by atoms with Crippen LogP contribution in [0.2, 0.25) is 0 Å².